The zero-order valence-corrected chi connectivity index (χ0v) is 12.4. The van der Waals surface area contributed by atoms with Crippen molar-refractivity contribution in [3.63, 3.8) is 0 Å². The van der Waals surface area contributed by atoms with Crippen molar-refractivity contribution < 1.29 is 0 Å². The number of hydrogen-bond donors (Lipinski definition) is 1. The quantitative estimate of drug-likeness (QED) is 0.731. The summed E-state index contributed by atoms with van der Waals surface area (Å²) in [5.74, 6) is 0.997. The first-order valence-corrected chi connectivity index (χ1v) is 7.78. The number of nitrogens with one attached hydrogen (secondary N) is 1. The van der Waals surface area contributed by atoms with Crippen LogP contribution in [0.3, 0.4) is 0 Å². The van der Waals surface area contributed by atoms with E-state index < -0.39 is 0 Å². The van der Waals surface area contributed by atoms with Gasteiger partial charge in [-0.15, -0.1) is 0 Å². The minimum absolute atomic E-state index is 0.486. The van der Waals surface area contributed by atoms with Crippen molar-refractivity contribution in [3.05, 3.63) is 35.9 Å². The molecule has 1 fully saturated rings. The molecule has 0 radical (unpaired) electrons. The second-order valence-electron chi connectivity index (χ2n) is 5.78. The van der Waals surface area contributed by atoms with Crippen molar-refractivity contribution in [3.8, 4) is 0 Å². The van der Waals surface area contributed by atoms with E-state index in [1.807, 2.05) is 0 Å². The van der Waals surface area contributed by atoms with Crippen LogP contribution in [-0.2, 0) is 0 Å². The van der Waals surface area contributed by atoms with Crippen molar-refractivity contribution in [1.82, 2.24) is 10.2 Å². The molecule has 0 bridgehead atoms. The fraction of sp³-hybridized carbons (Fsp3) is 0.647. The summed E-state index contributed by atoms with van der Waals surface area (Å²) in [6.45, 7) is 6.07. The van der Waals surface area contributed by atoms with Gasteiger partial charge >= 0.3 is 0 Å². The molecule has 1 aliphatic carbocycles. The standard InChI is InChI=1S/C17H28N2/c1-3-12-19(14-15-9-10-15)13-11-17(18-2)16-7-5-4-6-8-16/h4-8,15,17-18H,3,9-14H2,1-2H3. The van der Waals surface area contributed by atoms with Crippen molar-refractivity contribution >= 4 is 0 Å². The molecule has 1 N–H and O–H groups in total. The zero-order valence-electron chi connectivity index (χ0n) is 12.4. The Hall–Kier alpha value is -0.860. The Labute approximate surface area is 118 Å². The number of nitrogens with zero attached hydrogens (tertiary/aromatic N) is 1. The fourth-order valence-electron chi connectivity index (χ4n) is 2.75. The highest BCUT2D eigenvalue weighted by Crippen LogP contribution is 2.30. The predicted octanol–water partition coefficient (Wildman–Crippen LogP) is 3.46. The molecule has 2 heteroatoms. The molecule has 19 heavy (non-hydrogen) atoms. The maximum atomic E-state index is 3.46. The van der Waals surface area contributed by atoms with E-state index >= 15 is 0 Å². The second kappa shape index (κ2) is 7.66. The van der Waals surface area contributed by atoms with Crippen molar-refractivity contribution in [1.29, 1.82) is 0 Å². The Balaban J connectivity index is 1.83. The highest BCUT2D eigenvalue weighted by Gasteiger charge is 2.24. The lowest BCUT2D eigenvalue weighted by molar-refractivity contribution is 0.249. The minimum atomic E-state index is 0.486. The van der Waals surface area contributed by atoms with Gasteiger partial charge in [0.25, 0.3) is 0 Å². The van der Waals surface area contributed by atoms with Gasteiger partial charge in [-0.2, -0.15) is 0 Å². The number of benzene rings is 1. The molecule has 0 aliphatic heterocycles. The molecule has 0 aromatic heterocycles. The molecule has 2 rings (SSSR count). The van der Waals surface area contributed by atoms with Gasteiger partial charge in [-0.25, -0.2) is 0 Å². The summed E-state index contributed by atoms with van der Waals surface area (Å²) in [4.78, 5) is 2.66. The Kier molecular flexibility index (Phi) is 5.87. The van der Waals surface area contributed by atoms with Crippen LogP contribution in [0.15, 0.2) is 30.3 Å². The summed E-state index contributed by atoms with van der Waals surface area (Å²) in [6, 6.07) is 11.3. The molecular formula is C17H28N2. The average Bonchev–Trinajstić information content (AvgIpc) is 3.25. The van der Waals surface area contributed by atoms with Crippen molar-refractivity contribution in [2.75, 3.05) is 26.7 Å². The van der Waals surface area contributed by atoms with Gasteiger partial charge in [0, 0.05) is 12.6 Å². The van der Waals surface area contributed by atoms with Crippen molar-refractivity contribution in [2.24, 2.45) is 5.92 Å². The number of hydrogen-bond acceptors (Lipinski definition) is 2. The van der Waals surface area contributed by atoms with Gasteiger partial charge in [0.2, 0.25) is 0 Å². The molecule has 1 atom stereocenters. The van der Waals surface area contributed by atoms with Gasteiger partial charge in [0.1, 0.15) is 0 Å². The zero-order chi connectivity index (χ0) is 13.5. The van der Waals surface area contributed by atoms with Crippen LogP contribution in [0.4, 0.5) is 0 Å². The maximum Gasteiger partial charge on any atom is 0.0329 e. The predicted molar refractivity (Wildman–Crippen MR) is 82.3 cm³/mol. The van der Waals surface area contributed by atoms with Crippen LogP contribution >= 0.6 is 0 Å². The van der Waals surface area contributed by atoms with Gasteiger partial charge in [-0.3, -0.25) is 0 Å². The van der Waals surface area contributed by atoms with Gasteiger partial charge in [0.15, 0.2) is 0 Å². The van der Waals surface area contributed by atoms with Gasteiger partial charge in [-0.05, 0) is 57.3 Å². The highest BCUT2D eigenvalue weighted by atomic mass is 15.1. The molecule has 0 amide bonds. The highest BCUT2D eigenvalue weighted by molar-refractivity contribution is 5.18. The van der Waals surface area contributed by atoms with Crippen LogP contribution in [0, 0.1) is 5.92 Å². The molecule has 0 spiro atoms. The van der Waals surface area contributed by atoms with Crippen LogP contribution in [-0.4, -0.2) is 31.6 Å². The topological polar surface area (TPSA) is 15.3 Å². The fourth-order valence-corrected chi connectivity index (χ4v) is 2.75. The maximum absolute atomic E-state index is 3.46. The van der Waals surface area contributed by atoms with Crippen LogP contribution in [0.5, 0.6) is 0 Å². The van der Waals surface area contributed by atoms with Crippen molar-refractivity contribution in [2.45, 2.75) is 38.6 Å². The van der Waals surface area contributed by atoms with Gasteiger partial charge in [0.05, 0.1) is 0 Å². The summed E-state index contributed by atoms with van der Waals surface area (Å²) >= 11 is 0. The largest absolute Gasteiger partial charge is 0.313 e. The Morgan fingerprint density at radius 1 is 1.21 bits per heavy atom. The van der Waals surface area contributed by atoms with E-state index in [1.165, 1.54) is 50.9 Å². The third kappa shape index (κ3) is 4.96. The first kappa shape index (κ1) is 14.5. The molecule has 1 aromatic rings. The summed E-state index contributed by atoms with van der Waals surface area (Å²) in [6.07, 6.45) is 5.37. The SMILES string of the molecule is CCCN(CCC(NC)c1ccccc1)CC1CC1. The lowest BCUT2D eigenvalue weighted by atomic mass is 10.0. The average molecular weight is 260 g/mol. The molecule has 1 saturated carbocycles. The van der Waals surface area contributed by atoms with Crippen LogP contribution in [0.2, 0.25) is 0 Å². The summed E-state index contributed by atoms with van der Waals surface area (Å²) in [5.41, 5.74) is 1.41. The summed E-state index contributed by atoms with van der Waals surface area (Å²) in [5, 5.41) is 3.46. The van der Waals surface area contributed by atoms with E-state index in [9.17, 15) is 0 Å². The molecule has 1 aliphatic rings. The van der Waals surface area contributed by atoms with Crippen LogP contribution < -0.4 is 5.32 Å². The first-order valence-electron chi connectivity index (χ1n) is 7.78. The van der Waals surface area contributed by atoms with E-state index in [0.29, 0.717) is 6.04 Å². The van der Waals surface area contributed by atoms with E-state index in [1.54, 1.807) is 0 Å². The second-order valence-corrected chi connectivity index (χ2v) is 5.78. The molecule has 106 valence electrons. The molecule has 0 saturated heterocycles. The Morgan fingerprint density at radius 3 is 2.53 bits per heavy atom. The summed E-state index contributed by atoms with van der Waals surface area (Å²) < 4.78 is 0. The Morgan fingerprint density at radius 2 is 1.95 bits per heavy atom. The first-order chi connectivity index (χ1) is 9.33. The molecule has 0 heterocycles. The minimum Gasteiger partial charge on any atom is -0.313 e. The summed E-state index contributed by atoms with van der Waals surface area (Å²) in [7, 11) is 2.07. The Bertz CT molecular complexity index is 346. The van der Waals surface area contributed by atoms with Crippen LogP contribution in [0.25, 0.3) is 0 Å². The van der Waals surface area contributed by atoms with Gasteiger partial charge < -0.3 is 10.2 Å². The third-order valence-electron chi connectivity index (χ3n) is 4.04. The van der Waals surface area contributed by atoms with Crippen LogP contribution in [0.1, 0.15) is 44.2 Å². The monoisotopic (exact) mass is 260 g/mol. The molecule has 1 aromatic carbocycles. The normalized spacial score (nSPS) is 16.8. The molecule has 1 unspecified atom stereocenters. The van der Waals surface area contributed by atoms with E-state index in [4.69, 9.17) is 0 Å². The smallest absolute Gasteiger partial charge is 0.0329 e. The number of rotatable bonds is 9. The lowest BCUT2D eigenvalue weighted by Crippen LogP contribution is -2.31. The lowest BCUT2D eigenvalue weighted by Gasteiger charge is -2.25. The van der Waals surface area contributed by atoms with E-state index in [2.05, 4.69) is 54.5 Å². The third-order valence-corrected chi connectivity index (χ3v) is 4.04. The van der Waals surface area contributed by atoms with E-state index in [-0.39, 0.29) is 0 Å². The molecular weight excluding hydrogens is 232 g/mol. The van der Waals surface area contributed by atoms with Gasteiger partial charge in [-0.1, -0.05) is 37.3 Å². The van der Waals surface area contributed by atoms with E-state index in [0.717, 1.165) is 5.92 Å². The molecule has 2 nitrogen and oxygen atoms in total.